The molecular formula is C17H22N4O. The first-order chi connectivity index (χ1) is 10.7. The largest absolute Gasteiger partial charge is 0.301 e. The van der Waals surface area contributed by atoms with Crippen molar-refractivity contribution in [1.29, 1.82) is 0 Å². The van der Waals surface area contributed by atoms with E-state index in [1.54, 1.807) is 6.20 Å². The highest BCUT2D eigenvalue weighted by atomic mass is 16.1. The molecule has 5 heteroatoms. The van der Waals surface area contributed by atoms with E-state index in [0.717, 1.165) is 39.0 Å². The number of nitrogens with zero attached hydrogens (tertiary/aromatic N) is 4. The minimum absolute atomic E-state index is 0.0716. The van der Waals surface area contributed by atoms with Crippen LogP contribution in [0.5, 0.6) is 0 Å². The molecule has 0 radical (unpaired) electrons. The van der Waals surface area contributed by atoms with Crippen LogP contribution in [-0.2, 0) is 6.54 Å². The van der Waals surface area contributed by atoms with Crippen LogP contribution >= 0.6 is 0 Å². The molecule has 0 spiro atoms. The summed E-state index contributed by atoms with van der Waals surface area (Å²) in [5.41, 5.74) is 1.77. The number of piperidine rings is 1. The molecule has 1 fully saturated rings. The number of hydrogen-bond acceptors (Lipinski definition) is 4. The monoisotopic (exact) mass is 298 g/mol. The van der Waals surface area contributed by atoms with Gasteiger partial charge in [0.2, 0.25) is 0 Å². The average molecular weight is 298 g/mol. The lowest BCUT2D eigenvalue weighted by Crippen LogP contribution is -2.40. The van der Waals surface area contributed by atoms with Crippen molar-refractivity contribution in [3.8, 4) is 0 Å². The molecule has 0 amide bonds. The minimum Gasteiger partial charge on any atom is -0.301 e. The number of likely N-dealkylation sites (tertiary alicyclic amines) is 1. The number of aryl methyl sites for hydroxylation is 1. The van der Waals surface area contributed by atoms with Crippen LogP contribution < -0.4 is 0 Å². The van der Waals surface area contributed by atoms with Gasteiger partial charge in [0.05, 0.1) is 6.54 Å². The second-order valence-corrected chi connectivity index (χ2v) is 5.91. The number of aromatic nitrogens is 3. The van der Waals surface area contributed by atoms with Crippen molar-refractivity contribution in [3.63, 3.8) is 0 Å². The van der Waals surface area contributed by atoms with Gasteiger partial charge in [-0.3, -0.25) is 14.5 Å². The minimum atomic E-state index is 0.0716. The molecule has 0 bridgehead atoms. The first-order valence-electron chi connectivity index (χ1n) is 7.90. The standard InChI is InChI=1S/C17H22N4O/c1-14-7-9-19-21(14)12-11-20-10-4-5-15(13-20)17(22)16-6-2-3-8-18-16/h2-3,6-9,15H,4-5,10-13H2,1H3/t15-/m0/s1. The second-order valence-electron chi connectivity index (χ2n) is 5.91. The van der Waals surface area contributed by atoms with Crippen LogP contribution in [0.15, 0.2) is 36.7 Å². The van der Waals surface area contributed by atoms with Crippen molar-refractivity contribution in [3.05, 3.63) is 48.0 Å². The van der Waals surface area contributed by atoms with Crippen molar-refractivity contribution in [2.24, 2.45) is 5.92 Å². The lowest BCUT2D eigenvalue weighted by Gasteiger charge is -2.31. The Hall–Kier alpha value is -2.01. The van der Waals surface area contributed by atoms with E-state index < -0.39 is 0 Å². The Bertz CT molecular complexity index is 623. The predicted octanol–water partition coefficient (Wildman–Crippen LogP) is 2.18. The quantitative estimate of drug-likeness (QED) is 0.794. The van der Waals surface area contributed by atoms with Gasteiger partial charge in [-0.15, -0.1) is 0 Å². The van der Waals surface area contributed by atoms with Crippen LogP contribution in [0.2, 0.25) is 0 Å². The highest BCUT2D eigenvalue weighted by molar-refractivity contribution is 5.96. The Kier molecular flexibility index (Phi) is 4.63. The van der Waals surface area contributed by atoms with Gasteiger partial charge in [0, 0.05) is 37.1 Å². The fourth-order valence-corrected chi connectivity index (χ4v) is 3.06. The Labute approximate surface area is 131 Å². The van der Waals surface area contributed by atoms with E-state index in [9.17, 15) is 4.79 Å². The van der Waals surface area contributed by atoms with Crippen molar-refractivity contribution in [2.75, 3.05) is 19.6 Å². The first-order valence-corrected chi connectivity index (χ1v) is 7.90. The van der Waals surface area contributed by atoms with Crippen molar-refractivity contribution < 1.29 is 4.79 Å². The molecule has 5 nitrogen and oxygen atoms in total. The summed E-state index contributed by atoms with van der Waals surface area (Å²) in [7, 11) is 0. The van der Waals surface area contributed by atoms with E-state index in [-0.39, 0.29) is 11.7 Å². The summed E-state index contributed by atoms with van der Waals surface area (Å²) in [5.74, 6) is 0.253. The molecule has 22 heavy (non-hydrogen) atoms. The van der Waals surface area contributed by atoms with E-state index in [1.165, 1.54) is 5.69 Å². The third kappa shape index (κ3) is 3.42. The van der Waals surface area contributed by atoms with E-state index >= 15 is 0 Å². The number of carbonyl (C=O) groups excluding carboxylic acids is 1. The highest BCUT2D eigenvalue weighted by Crippen LogP contribution is 2.20. The van der Waals surface area contributed by atoms with Crippen LogP contribution in [0.25, 0.3) is 0 Å². The Morgan fingerprint density at radius 2 is 2.18 bits per heavy atom. The third-order valence-corrected chi connectivity index (χ3v) is 4.35. The summed E-state index contributed by atoms with van der Waals surface area (Å²) in [4.78, 5) is 19.1. The molecule has 0 aromatic carbocycles. The molecule has 0 aliphatic carbocycles. The highest BCUT2D eigenvalue weighted by Gasteiger charge is 2.27. The fraction of sp³-hybridized carbons (Fsp3) is 0.471. The average Bonchev–Trinajstić information content (AvgIpc) is 2.98. The van der Waals surface area contributed by atoms with Gasteiger partial charge in [0.25, 0.3) is 0 Å². The molecule has 1 aliphatic heterocycles. The van der Waals surface area contributed by atoms with E-state index in [1.807, 2.05) is 35.1 Å². The van der Waals surface area contributed by atoms with Crippen LogP contribution in [0.3, 0.4) is 0 Å². The molecule has 1 aliphatic rings. The first kappa shape index (κ1) is 14.9. The number of Topliss-reactive ketones (excluding diaryl/α,β-unsaturated/α-hetero) is 1. The van der Waals surface area contributed by atoms with Crippen LogP contribution in [0, 0.1) is 12.8 Å². The number of rotatable bonds is 5. The van der Waals surface area contributed by atoms with Crippen LogP contribution in [-0.4, -0.2) is 45.1 Å². The summed E-state index contributed by atoms with van der Waals surface area (Å²) < 4.78 is 2.02. The summed E-state index contributed by atoms with van der Waals surface area (Å²) in [6.07, 6.45) is 5.56. The van der Waals surface area contributed by atoms with Gasteiger partial charge in [-0.1, -0.05) is 6.07 Å². The summed E-state index contributed by atoms with van der Waals surface area (Å²) in [6.45, 7) is 5.77. The van der Waals surface area contributed by atoms with Gasteiger partial charge < -0.3 is 4.90 Å². The SMILES string of the molecule is Cc1ccnn1CCN1CCC[C@H](C(=O)c2ccccn2)C1. The van der Waals surface area contributed by atoms with E-state index in [0.29, 0.717) is 5.69 Å². The number of pyridine rings is 1. The maximum absolute atomic E-state index is 12.5. The van der Waals surface area contributed by atoms with Crippen molar-refractivity contribution >= 4 is 5.78 Å². The molecular weight excluding hydrogens is 276 g/mol. The maximum atomic E-state index is 12.5. The zero-order chi connectivity index (χ0) is 15.4. The molecule has 2 aromatic heterocycles. The van der Waals surface area contributed by atoms with Gasteiger partial charge in [0.15, 0.2) is 5.78 Å². The van der Waals surface area contributed by atoms with Gasteiger partial charge >= 0.3 is 0 Å². The van der Waals surface area contributed by atoms with Gasteiger partial charge in [0.1, 0.15) is 5.69 Å². The number of carbonyl (C=O) groups is 1. The van der Waals surface area contributed by atoms with Crippen LogP contribution in [0.1, 0.15) is 29.0 Å². The Balaban J connectivity index is 1.57. The molecule has 1 saturated heterocycles. The lowest BCUT2D eigenvalue weighted by atomic mass is 9.92. The zero-order valence-electron chi connectivity index (χ0n) is 13.0. The summed E-state index contributed by atoms with van der Waals surface area (Å²) >= 11 is 0. The van der Waals surface area contributed by atoms with Gasteiger partial charge in [-0.05, 0) is 44.5 Å². The molecule has 3 rings (SSSR count). The lowest BCUT2D eigenvalue weighted by molar-refractivity contribution is 0.0809. The van der Waals surface area contributed by atoms with Crippen LogP contribution in [0.4, 0.5) is 0 Å². The molecule has 3 heterocycles. The molecule has 0 unspecified atom stereocenters. The zero-order valence-corrected chi connectivity index (χ0v) is 13.0. The second kappa shape index (κ2) is 6.83. The van der Waals surface area contributed by atoms with E-state index in [2.05, 4.69) is 21.9 Å². The maximum Gasteiger partial charge on any atom is 0.185 e. The van der Waals surface area contributed by atoms with Crippen molar-refractivity contribution in [2.45, 2.75) is 26.3 Å². The molecule has 0 N–H and O–H groups in total. The molecule has 1 atom stereocenters. The smallest absolute Gasteiger partial charge is 0.185 e. The molecule has 2 aromatic rings. The van der Waals surface area contributed by atoms with Crippen molar-refractivity contribution in [1.82, 2.24) is 19.7 Å². The Morgan fingerprint density at radius 1 is 1.27 bits per heavy atom. The summed E-state index contributed by atoms with van der Waals surface area (Å²) in [6, 6.07) is 7.55. The molecule has 116 valence electrons. The van der Waals surface area contributed by atoms with E-state index in [4.69, 9.17) is 0 Å². The fourth-order valence-electron chi connectivity index (χ4n) is 3.06. The predicted molar refractivity (Wildman–Crippen MR) is 84.7 cm³/mol. The topological polar surface area (TPSA) is 51.0 Å². The molecule has 0 saturated carbocycles. The number of ketones is 1. The third-order valence-electron chi connectivity index (χ3n) is 4.35. The normalized spacial score (nSPS) is 19.2. The Morgan fingerprint density at radius 3 is 2.91 bits per heavy atom. The van der Waals surface area contributed by atoms with Gasteiger partial charge in [-0.2, -0.15) is 5.10 Å². The summed E-state index contributed by atoms with van der Waals surface area (Å²) in [5, 5.41) is 4.31. The number of hydrogen-bond donors (Lipinski definition) is 0. The van der Waals surface area contributed by atoms with Gasteiger partial charge in [-0.25, -0.2) is 0 Å².